The summed E-state index contributed by atoms with van der Waals surface area (Å²) in [6.07, 6.45) is 1.78. The van der Waals surface area contributed by atoms with Crippen molar-refractivity contribution in [3.05, 3.63) is 32.2 Å². The van der Waals surface area contributed by atoms with Crippen LogP contribution in [0.25, 0.3) is 11.6 Å². The third kappa shape index (κ3) is 2.35. The Morgan fingerprint density at radius 1 is 1.31 bits per heavy atom. The predicted molar refractivity (Wildman–Crippen MR) is 67.2 cm³/mol. The minimum atomic E-state index is 0.573. The fraction of sp³-hybridized carbons (Fsp3) is 0.182. The van der Waals surface area contributed by atoms with Crippen LogP contribution in [0.3, 0.4) is 0 Å². The smallest absolute Gasteiger partial charge is 0.134 e. The van der Waals surface area contributed by atoms with Gasteiger partial charge in [-0.2, -0.15) is 5.26 Å². The lowest BCUT2D eigenvalue weighted by molar-refractivity contribution is 1.24. The molecule has 0 fully saturated rings. The van der Waals surface area contributed by atoms with Gasteiger partial charge in [0.25, 0.3) is 0 Å². The van der Waals surface area contributed by atoms with Gasteiger partial charge in [0, 0.05) is 16.5 Å². The molecule has 0 radical (unpaired) electrons. The van der Waals surface area contributed by atoms with Crippen molar-refractivity contribution in [2.24, 2.45) is 0 Å². The van der Waals surface area contributed by atoms with Crippen LogP contribution < -0.4 is 0 Å². The highest BCUT2D eigenvalue weighted by Gasteiger charge is 2.06. The number of nitrogens with zero attached hydrogens (tertiary/aromatic N) is 3. The number of hydrogen-bond acceptors (Lipinski definition) is 5. The van der Waals surface area contributed by atoms with Gasteiger partial charge in [0.05, 0.1) is 16.3 Å². The van der Waals surface area contributed by atoms with E-state index in [9.17, 15) is 0 Å². The fourth-order valence-electron chi connectivity index (χ4n) is 1.21. The molecule has 0 aliphatic heterocycles. The van der Waals surface area contributed by atoms with Gasteiger partial charge in [0.15, 0.2) is 0 Å². The standard InChI is InChI=1S/C11H9N3S2/c1-7-5-16-11(13-7)9(4-12)3-10-6-15-8(2)14-10/h3,5-6H,1-2H3/b9-3+. The topological polar surface area (TPSA) is 49.6 Å². The lowest BCUT2D eigenvalue weighted by Crippen LogP contribution is -1.81. The molecular weight excluding hydrogens is 238 g/mol. The molecule has 5 heteroatoms. The van der Waals surface area contributed by atoms with Crippen molar-refractivity contribution in [2.75, 3.05) is 0 Å². The fourth-order valence-corrected chi connectivity index (χ4v) is 2.55. The van der Waals surface area contributed by atoms with Gasteiger partial charge in [0.1, 0.15) is 11.1 Å². The van der Waals surface area contributed by atoms with E-state index in [1.807, 2.05) is 24.6 Å². The summed E-state index contributed by atoms with van der Waals surface area (Å²) in [6.45, 7) is 3.86. The van der Waals surface area contributed by atoms with Crippen molar-refractivity contribution in [1.82, 2.24) is 9.97 Å². The van der Waals surface area contributed by atoms with Crippen molar-refractivity contribution >= 4 is 34.3 Å². The summed E-state index contributed by atoms with van der Waals surface area (Å²) in [5.74, 6) is 0. The Hall–Kier alpha value is -1.51. The molecule has 16 heavy (non-hydrogen) atoms. The second kappa shape index (κ2) is 4.56. The molecule has 2 rings (SSSR count). The Morgan fingerprint density at radius 3 is 2.62 bits per heavy atom. The molecule has 0 amide bonds. The third-order valence-corrected chi connectivity index (χ3v) is 3.68. The van der Waals surface area contributed by atoms with E-state index in [1.54, 1.807) is 17.4 Å². The molecule has 0 unspecified atom stereocenters. The zero-order valence-corrected chi connectivity index (χ0v) is 10.5. The monoisotopic (exact) mass is 247 g/mol. The number of aryl methyl sites for hydroxylation is 2. The van der Waals surface area contributed by atoms with Crippen LogP contribution in [0.1, 0.15) is 21.4 Å². The van der Waals surface area contributed by atoms with Crippen LogP contribution in [0.2, 0.25) is 0 Å². The Bertz CT molecular complexity index is 572. The lowest BCUT2D eigenvalue weighted by Gasteiger charge is -1.90. The minimum Gasteiger partial charge on any atom is -0.242 e. The van der Waals surface area contributed by atoms with Gasteiger partial charge in [-0.05, 0) is 19.9 Å². The quantitative estimate of drug-likeness (QED) is 0.765. The lowest BCUT2D eigenvalue weighted by atomic mass is 10.2. The van der Waals surface area contributed by atoms with E-state index in [4.69, 9.17) is 5.26 Å². The minimum absolute atomic E-state index is 0.573. The Morgan fingerprint density at radius 2 is 2.12 bits per heavy atom. The van der Waals surface area contributed by atoms with Crippen LogP contribution in [-0.2, 0) is 0 Å². The molecule has 2 aromatic rings. The van der Waals surface area contributed by atoms with E-state index in [1.165, 1.54) is 11.3 Å². The number of nitriles is 1. The third-order valence-electron chi connectivity index (χ3n) is 1.90. The van der Waals surface area contributed by atoms with Crippen molar-refractivity contribution in [1.29, 1.82) is 5.26 Å². The molecular formula is C11H9N3S2. The molecule has 0 saturated heterocycles. The number of thiazole rings is 2. The summed E-state index contributed by atoms with van der Waals surface area (Å²) in [7, 11) is 0. The maximum absolute atomic E-state index is 9.08. The molecule has 0 aromatic carbocycles. The highest BCUT2D eigenvalue weighted by molar-refractivity contribution is 7.11. The van der Waals surface area contributed by atoms with Crippen molar-refractivity contribution < 1.29 is 0 Å². The van der Waals surface area contributed by atoms with Crippen LogP contribution in [0, 0.1) is 25.2 Å². The summed E-state index contributed by atoms with van der Waals surface area (Å²) in [5, 5.41) is 14.7. The molecule has 2 heterocycles. The van der Waals surface area contributed by atoms with E-state index >= 15 is 0 Å². The van der Waals surface area contributed by atoms with E-state index in [-0.39, 0.29) is 0 Å². The van der Waals surface area contributed by atoms with Crippen LogP contribution in [0.15, 0.2) is 10.8 Å². The summed E-state index contributed by atoms with van der Waals surface area (Å²) in [4.78, 5) is 8.59. The first-order valence-corrected chi connectivity index (χ1v) is 6.41. The van der Waals surface area contributed by atoms with Crippen LogP contribution in [0.4, 0.5) is 0 Å². The zero-order valence-electron chi connectivity index (χ0n) is 8.89. The van der Waals surface area contributed by atoms with Gasteiger partial charge in [-0.15, -0.1) is 22.7 Å². The van der Waals surface area contributed by atoms with Gasteiger partial charge in [-0.1, -0.05) is 0 Å². The van der Waals surface area contributed by atoms with Gasteiger partial charge in [-0.3, -0.25) is 0 Å². The molecule has 0 saturated carbocycles. The van der Waals surface area contributed by atoms with Crippen molar-refractivity contribution in [3.63, 3.8) is 0 Å². The molecule has 0 bridgehead atoms. The van der Waals surface area contributed by atoms with Crippen LogP contribution in [-0.4, -0.2) is 9.97 Å². The second-order valence-corrected chi connectivity index (χ2v) is 5.18. The molecule has 0 spiro atoms. The molecule has 80 valence electrons. The average molecular weight is 247 g/mol. The zero-order chi connectivity index (χ0) is 11.5. The van der Waals surface area contributed by atoms with Crippen molar-refractivity contribution in [3.8, 4) is 6.07 Å². The van der Waals surface area contributed by atoms with Crippen LogP contribution in [0.5, 0.6) is 0 Å². The molecule has 0 N–H and O–H groups in total. The largest absolute Gasteiger partial charge is 0.242 e. The van der Waals surface area contributed by atoms with E-state index in [0.29, 0.717) is 5.57 Å². The Balaban J connectivity index is 2.37. The normalized spacial score (nSPS) is 11.4. The first-order valence-electron chi connectivity index (χ1n) is 4.65. The van der Waals surface area contributed by atoms with Gasteiger partial charge in [0.2, 0.25) is 0 Å². The first kappa shape index (κ1) is 11.0. The number of rotatable bonds is 2. The van der Waals surface area contributed by atoms with Gasteiger partial charge < -0.3 is 0 Å². The SMILES string of the molecule is Cc1csc(/C(C#N)=C/c2csc(C)n2)n1. The number of allylic oxidation sites excluding steroid dienone is 1. The molecule has 2 aromatic heterocycles. The maximum Gasteiger partial charge on any atom is 0.134 e. The molecule has 0 aliphatic rings. The van der Waals surface area contributed by atoms with E-state index in [2.05, 4.69) is 16.0 Å². The number of aromatic nitrogens is 2. The molecule has 3 nitrogen and oxygen atoms in total. The van der Waals surface area contributed by atoms with Crippen molar-refractivity contribution in [2.45, 2.75) is 13.8 Å². The first-order chi connectivity index (χ1) is 7.69. The second-order valence-electron chi connectivity index (χ2n) is 3.26. The van der Waals surface area contributed by atoms with E-state index < -0.39 is 0 Å². The predicted octanol–water partition coefficient (Wildman–Crippen LogP) is 3.28. The highest BCUT2D eigenvalue weighted by Crippen LogP contribution is 2.21. The maximum atomic E-state index is 9.08. The van der Waals surface area contributed by atoms with E-state index in [0.717, 1.165) is 21.4 Å². The highest BCUT2D eigenvalue weighted by atomic mass is 32.1. The van der Waals surface area contributed by atoms with Crippen LogP contribution >= 0.6 is 22.7 Å². The summed E-state index contributed by atoms with van der Waals surface area (Å²) >= 11 is 3.06. The number of hydrogen-bond donors (Lipinski definition) is 0. The molecule has 0 aliphatic carbocycles. The average Bonchev–Trinajstić information content (AvgIpc) is 2.84. The Kier molecular flexibility index (Phi) is 3.13. The summed E-state index contributed by atoms with van der Waals surface area (Å²) < 4.78 is 0. The summed E-state index contributed by atoms with van der Waals surface area (Å²) in [5.41, 5.74) is 2.34. The molecule has 0 atom stereocenters. The Labute approximate surface area is 102 Å². The van der Waals surface area contributed by atoms with Gasteiger partial charge in [-0.25, -0.2) is 9.97 Å². The summed E-state index contributed by atoms with van der Waals surface area (Å²) in [6, 6.07) is 2.16. The van der Waals surface area contributed by atoms with Gasteiger partial charge >= 0.3 is 0 Å².